The van der Waals surface area contributed by atoms with Crippen molar-refractivity contribution >= 4 is 11.8 Å². The fourth-order valence-corrected chi connectivity index (χ4v) is 1.72. The highest BCUT2D eigenvalue weighted by molar-refractivity contribution is 5.37. The summed E-state index contributed by atoms with van der Waals surface area (Å²) in [5.41, 5.74) is 0.962. The summed E-state index contributed by atoms with van der Waals surface area (Å²) < 4.78 is 0. The molecule has 0 aliphatic rings. The van der Waals surface area contributed by atoms with Crippen molar-refractivity contribution in [1.29, 1.82) is 0 Å². The van der Waals surface area contributed by atoms with Gasteiger partial charge in [-0.3, -0.25) is 4.98 Å². The molecular formula is C14H20N6. The first-order valence-electron chi connectivity index (χ1n) is 6.96. The average Bonchev–Trinajstić information content (AvgIpc) is 2.51. The summed E-state index contributed by atoms with van der Waals surface area (Å²) in [5, 5.41) is 14.3. The normalized spacial score (nSPS) is 10.2. The largest absolute Gasteiger partial charge is 0.363 e. The molecule has 6 nitrogen and oxygen atoms in total. The second-order valence-electron chi connectivity index (χ2n) is 4.47. The number of anilines is 2. The van der Waals surface area contributed by atoms with Crippen LogP contribution in [0.15, 0.2) is 30.6 Å². The quantitative estimate of drug-likeness (QED) is 0.719. The van der Waals surface area contributed by atoms with Gasteiger partial charge in [-0.25, -0.2) is 0 Å². The Morgan fingerprint density at radius 3 is 2.90 bits per heavy atom. The van der Waals surface area contributed by atoms with Gasteiger partial charge in [-0.15, -0.1) is 5.10 Å². The van der Waals surface area contributed by atoms with Crippen LogP contribution in [-0.4, -0.2) is 26.7 Å². The Bertz CT molecular complexity index is 502. The number of nitrogens with one attached hydrogen (secondary N) is 2. The van der Waals surface area contributed by atoms with E-state index in [2.05, 4.69) is 37.7 Å². The van der Waals surface area contributed by atoms with Gasteiger partial charge in [-0.05, 0) is 18.6 Å². The van der Waals surface area contributed by atoms with E-state index in [4.69, 9.17) is 0 Å². The highest BCUT2D eigenvalue weighted by atomic mass is 15.3. The molecular weight excluding hydrogens is 252 g/mol. The van der Waals surface area contributed by atoms with Crippen molar-refractivity contribution in [3.05, 3.63) is 36.3 Å². The van der Waals surface area contributed by atoms with E-state index in [9.17, 15) is 0 Å². The number of aromatic nitrogens is 4. The highest BCUT2D eigenvalue weighted by Crippen LogP contribution is 2.06. The Morgan fingerprint density at radius 1 is 1.15 bits per heavy atom. The van der Waals surface area contributed by atoms with Gasteiger partial charge in [0.1, 0.15) is 0 Å². The van der Waals surface area contributed by atoms with Gasteiger partial charge >= 0.3 is 0 Å². The molecule has 2 heterocycles. The summed E-state index contributed by atoms with van der Waals surface area (Å²) in [6.45, 7) is 3.67. The summed E-state index contributed by atoms with van der Waals surface area (Å²) in [5.74, 6) is 1.26. The van der Waals surface area contributed by atoms with Gasteiger partial charge in [0.25, 0.3) is 0 Å². The minimum absolute atomic E-state index is 0.562. The van der Waals surface area contributed by atoms with E-state index < -0.39 is 0 Å². The molecule has 2 aromatic rings. The Hall–Kier alpha value is -2.24. The zero-order valence-electron chi connectivity index (χ0n) is 11.7. The lowest BCUT2D eigenvalue weighted by molar-refractivity contribution is 0.738. The summed E-state index contributed by atoms with van der Waals surface area (Å²) in [7, 11) is 0. The summed E-state index contributed by atoms with van der Waals surface area (Å²) in [6, 6.07) is 5.82. The van der Waals surface area contributed by atoms with E-state index in [0.29, 0.717) is 18.3 Å². The van der Waals surface area contributed by atoms with Crippen LogP contribution in [0.4, 0.5) is 11.8 Å². The second-order valence-corrected chi connectivity index (χ2v) is 4.47. The molecule has 0 fully saturated rings. The number of nitrogens with zero attached hydrogens (tertiary/aromatic N) is 4. The molecule has 2 rings (SSSR count). The lowest BCUT2D eigenvalue weighted by Gasteiger charge is -2.07. The van der Waals surface area contributed by atoms with Crippen LogP contribution in [-0.2, 0) is 6.54 Å². The van der Waals surface area contributed by atoms with Crippen LogP contribution in [0.5, 0.6) is 0 Å². The molecule has 20 heavy (non-hydrogen) atoms. The topological polar surface area (TPSA) is 75.6 Å². The third kappa shape index (κ3) is 4.79. The number of hydrogen-bond donors (Lipinski definition) is 2. The Morgan fingerprint density at radius 2 is 2.10 bits per heavy atom. The SMILES string of the molecule is CCCCCNc1nncc(NCc2ccccn2)n1. The first kappa shape index (κ1) is 14.2. The molecule has 0 aromatic carbocycles. The van der Waals surface area contributed by atoms with Crippen LogP contribution in [0.2, 0.25) is 0 Å². The number of unbranched alkanes of at least 4 members (excludes halogenated alkanes) is 2. The standard InChI is InChI=1S/C14H20N6/c1-2-3-5-9-16-14-19-13(11-18-20-14)17-10-12-7-4-6-8-15-12/h4,6-8,11H,2-3,5,9-10H2,1H3,(H2,16,17,19,20). The minimum Gasteiger partial charge on any atom is -0.363 e. The minimum atomic E-state index is 0.562. The smallest absolute Gasteiger partial charge is 0.244 e. The molecule has 2 N–H and O–H groups in total. The summed E-state index contributed by atoms with van der Waals surface area (Å²) in [6.07, 6.45) is 6.91. The van der Waals surface area contributed by atoms with Gasteiger partial charge in [-0.1, -0.05) is 25.8 Å². The molecule has 0 aliphatic heterocycles. The fraction of sp³-hybridized carbons (Fsp3) is 0.429. The summed E-state index contributed by atoms with van der Waals surface area (Å²) >= 11 is 0. The number of hydrogen-bond acceptors (Lipinski definition) is 6. The van der Waals surface area contributed by atoms with Gasteiger partial charge in [0.2, 0.25) is 5.95 Å². The van der Waals surface area contributed by atoms with Crippen molar-refractivity contribution in [3.63, 3.8) is 0 Å². The monoisotopic (exact) mass is 272 g/mol. The Kier molecular flexibility index (Phi) is 5.70. The van der Waals surface area contributed by atoms with Gasteiger partial charge in [-0.2, -0.15) is 10.1 Å². The van der Waals surface area contributed by atoms with Crippen molar-refractivity contribution in [3.8, 4) is 0 Å². The van der Waals surface area contributed by atoms with E-state index in [1.165, 1.54) is 12.8 Å². The zero-order chi connectivity index (χ0) is 14.0. The molecule has 0 radical (unpaired) electrons. The third-order valence-electron chi connectivity index (χ3n) is 2.80. The highest BCUT2D eigenvalue weighted by Gasteiger charge is 2.00. The molecule has 0 bridgehead atoms. The molecule has 0 spiro atoms. The first-order valence-corrected chi connectivity index (χ1v) is 6.96. The predicted octanol–water partition coefficient (Wildman–Crippen LogP) is 2.48. The van der Waals surface area contributed by atoms with E-state index in [1.54, 1.807) is 12.4 Å². The lowest BCUT2D eigenvalue weighted by Crippen LogP contribution is -2.09. The lowest BCUT2D eigenvalue weighted by atomic mass is 10.2. The van der Waals surface area contributed by atoms with E-state index in [0.717, 1.165) is 18.7 Å². The Balaban J connectivity index is 1.83. The molecule has 0 saturated carbocycles. The molecule has 0 amide bonds. The van der Waals surface area contributed by atoms with Crippen molar-refractivity contribution in [1.82, 2.24) is 20.2 Å². The van der Waals surface area contributed by atoms with Crippen LogP contribution in [0, 0.1) is 0 Å². The van der Waals surface area contributed by atoms with Crippen LogP contribution >= 0.6 is 0 Å². The third-order valence-corrected chi connectivity index (χ3v) is 2.80. The maximum Gasteiger partial charge on any atom is 0.244 e. The van der Waals surface area contributed by atoms with Gasteiger partial charge in [0.05, 0.1) is 18.4 Å². The average molecular weight is 272 g/mol. The van der Waals surface area contributed by atoms with E-state index >= 15 is 0 Å². The number of rotatable bonds is 8. The first-order chi connectivity index (χ1) is 9.88. The second kappa shape index (κ2) is 8.04. The maximum atomic E-state index is 4.36. The van der Waals surface area contributed by atoms with Gasteiger partial charge < -0.3 is 10.6 Å². The molecule has 0 aliphatic carbocycles. The van der Waals surface area contributed by atoms with Crippen molar-refractivity contribution in [2.75, 3.05) is 17.2 Å². The molecule has 106 valence electrons. The van der Waals surface area contributed by atoms with E-state index in [-0.39, 0.29) is 0 Å². The maximum absolute atomic E-state index is 4.36. The van der Waals surface area contributed by atoms with Crippen LogP contribution in [0.1, 0.15) is 31.9 Å². The summed E-state index contributed by atoms with van der Waals surface area (Å²) in [4.78, 5) is 8.61. The Labute approximate surface area is 119 Å². The van der Waals surface area contributed by atoms with Crippen LogP contribution < -0.4 is 10.6 Å². The fourth-order valence-electron chi connectivity index (χ4n) is 1.72. The predicted molar refractivity (Wildman–Crippen MR) is 79.4 cm³/mol. The van der Waals surface area contributed by atoms with E-state index in [1.807, 2.05) is 18.2 Å². The molecule has 0 atom stereocenters. The van der Waals surface area contributed by atoms with Crippen LogP contribution in [0.25, 0.3) is 0 Å². The molecule has 0 unspecified atom stereocenters. The zero-order valence-corrected chi connectivity index (χ0v) is 11.7. The van der Waals surface area contributed by atoms with Gasteiger partial charge in [0.15, 0.2) is 5.82 Å². The molecule has 6 heteroatoms. The molecule has 0 saturated heterocycles. The van der Waals surface area contributed by atoms with Crippen molar-refractivity contribution in [2.45, 2.75) is 32.7 Å². The van der Waals surface area contributed by atoms with Gasteiger partial charge in [0, 0.05) is 12.7 Å². The van der Waals surface area contributed by atoms with Crippen molar-refractivity contribution in [2.24, 2.45) is 0 Å². The number of pyridine rings is 1. The van der Waals surface area contributed by atoms with Crippen LogP contribution in [0.3, 0.4) is 0 Å². The van der Waals surface area contributed by atoms with Crippen molar-refractivity contribution < 1.29 is 0 Å². The molecule has 2 aromatic heterocycles.